The van der Waals surface area contributed by atoms with Gasteiger partial charge in [0, 0.05) is 36.5 Å². The molecular formula is C16H17NO2. The number of hydrogen-bond acceptors (Lipinski definition) is 3. The predicted molar refractivity (Wildman–Crippen MR) is 74.8 cm³/mol. The zero-order chi connectivity index (χ0) is 12.8. The van der Waals surface area contributed by atoms with E-state index >= 15 is 0 Å². The summed E-state index contributed by atoms with van der Waals surface area (Å²) in [5.41, 5.74) is 2.35. The molecule has 0 amide bonds. The highest BCUT2D eigenvalue weighted by Crippen LogP contribution is 2.37. The molecule has 1 aromatic carbocycles. The minimum Gasteiger partial charge on any atom is -0.497 e. The molecule has 0 aliphatic carbocycles. The number of rotatable bonds is 1. The smallest absolute Gasteiger partial charge is 0.134 e. The minimum atomic E-state index is 0.407. The molecule has 3 nitrogen and oxygen atoms in total. The van der Waals surface area contributed by atoms with Gasteiger partial charge >= 0.3 is 0 Å². The number of fused-ring (bicyclic) bond motifs is 6. The van der Waals surface area contributed by atoms with Gasteiger partial charge in [0.2, 0.25) is 0 Å². The van der Waals surface area contributed by atoms with Crippen molar-refractivity contribution in [3.8, 4) is 5.75 Å². The molecule has 2 bridgehead atoms. The zero-order valence-corrected chi connectivity index (χ0v) is 11.1. The van der Waals surface area contributed by atoms with E-state index in [9.17, 15) is 0 Å². The van der Waals surface area contributed by atoms with Gasteiger partial charge in [0.15, 0.2) is 0 Å². The van der Waals surface area contributed by atoms with Gasteiger partial charge in [-0.2, -0.15) is 0 Å². The summed E-state index contributed by atoms with van der Waals surface area (Å²) in [5.74, 6) is 2.46. The van der Waals surface area contributed by atoms with Crippen LogP contribution in [0.2, 0.25) is 0 Å². The van der Waals surface area contributed by atoms with Crippen LogP contribution in [0.4, 0.5) is 0 Å². The second kappa shape index (κ2) is 4.14. The summed E-state index contributed by atoms with van der Waals surface area (Å²) in [7, 11) is 1.71. The van der Waals surface area contributed by atoms with Crippen LogP contribution in [0.25, 0.3) is 11.0 Å². The third-order valence-corrected chi connectivity index (χ3v) is 4.23. The summed E-state index contributed by atoms with van der Waals surface area (Å²) < 4.78 is 11.5. The number of ether oxygens (including phenoxy) is 1. The van der Waals surface area contributed by atoms with Crippen LogP contribution in [0.1, 0.15) is 17.2 Å². The van der Waals surface area contributed by atoms with Crippen LogP contribution in [0.15, 0.2) is 34.8 Å². The summed E-state index contributed by atoms with van der Waals surface area (Å²) in [6.07, 6.45) is 5.62. The Morgan fingerprint density at radius 3 is 3.21 bits per heavy atom. The van der Waals surface area contributed by atoms with Gasteiger partial charge in [0.25, 0.3) is 0 Å². The normalized spacial score (nSPS) is 25.1. The Labute approximate surface area is 112 Å². The van der Waals surface area contributed by atoms with Gasteiger partial charge in [-0.1, -0.05) is 12.2 Å². The molecule has 0 radical (unpaired) electrons. The average molecular weight is 255 g/mol. The standard InChI is InChI=1S/C16H17NO2/c1-18-12-4-5-15-14(9-12)13-6-8-17-7-2-3-11(10-17)16(13)19-15/h2-5,9,11H,6-8,10H2,1H3. The van der Waals surface area contributed by atoms with E-state index in [0.29, 0.717) is 5.92 Å². The fraction of sp³-hybridized carbons (Fsp3) is 0.375. The minimum absolute atomic E-state index is 0.407. The fourth-order valence-corrected chi connectivity index (χ4v) is 3.24. The van der Waals surface area contributed by atoms with Crippen molar-refractivity contribution in [2.75, 3.05) is 26.7 Å². The molecule has 0 fully saturated rings. The maximum Gasteiger partial charge on any atom is 0.134 e. The van der Waals surface area contributed by atoms with Gasteiger partial charge in [-0.05, 0) is 24.6 Å². The van der Waals surface area contributed by atoms with Gasteiger partial charge in [-0.25, -0.2) is 0 Å². The molecule has 1 aromatic heterocycles. The Balaban J connectivity index is 1.92. The lowest BCUT2D eigenvalue weighted by Gasteiger charge is -2.24. The lowest BCUT2D eigenvalue weighted by Crippen LogP contribution is -2.30. The van der Waals surface area contributed by atoms with Gasteiger partial charge < -0.3 is 9.15 Å². The number of methoxy groups -OCH3 is 1. The third kappa shape index (κ3) is 1.69. The molecular weight excluding hydrogens is 238 g/mol. The van der Waals surface area contributed by atoms with Crippen LogP contribution < -0.4 is 4.74 Å². The molecule has 0 spiro atoms. The quantitative estimate of drug-likeness (QED) is 0.733. The van der Waals surface area contributed by atoms with Crippen molar-refractivity contribution in [3.05, 3.63) is 41.7 Å². The van der Waals surface area contributed by atoms with Crippen LogP contribution in [0.3, 0.4) is 0 Å². The average Bonchev–Trinajstić information content (AvgIpc) is 2.77. The van der Waals surface area contributed by atoms with Gasteiger partial charge in [0.1, 0.15) is 17.1 Å². The lowest BCUT2D eigenvalue weighted by atomic mass is 9.99. The molecule has 2 atom stereocenters. The fourth-order valence-electron chi connectivity index (χ4n) is 3.24. The van der Waals surface area contributed by atoms with Gasteiger partial charge in [-0.3, -0.25) is 4.90 Å². The third-order valence-electron chi connectivity index (χ3n) is 4.23. The molecule has 19 heavy (non-hydrogen) atoms. The molecule has 2 aliphatic heterocycles. The molecule has 0 saturated heterocycles. The lowest BCUT2D eigenvalue weighted by molar-refractivity contribution is 0.289. The van der Waals surface area contributed by atoms with E-state index in [2.05, 4.69) is 23.1 Å². The van der Waals surface area contributed by atoms with Crippen LogP contribution in [0.5, 0.6) is 5.75 Å². The van der Waals surface area contributed by atoms with Crippen LogP contribution in [-0.2, 0) is 6.42 Å². The van der Waals surface area contributed by atoms with E-state index in [1.807, 2.05) is 12.1 Å². The van der Waals surface area contributed by atoms with Crippen LogP contribution >= 0.6 is 0 Å². The Bertz CT molecular complexity index is 656. The van der Waals surface area contributed by atoms with Crippen molar-refractivity contribution >= 4 is 11.0 Å². The summed E-state index contributed by atoms with van der Waals surface area (Å²) in [4.78, 5) is 2.49. The molecule has 3 heterocycles. The number of benzene rings is 1. The highest BCUT2D eigenvalue weighted by molar-refractivity contribution is 5.84. The summed E-state index contributed by atoms with van der Waals surface area (Å²) >= 11 is 0. The van der Waals surface area contributed by atoms with Crippen molar-refractivity contribution in [2.24, 2.45) is 0 Å². The SMILES string of the molecule is COc1ccc2oc3c(c2c1)CCN1CC=CC3C1. The number of hydrogen-bond donors (Lipinski definition) is 0. The first-order valence-corrected chi connectivity index (χ1v) is 6.83. The topological polar surface area (TPSA) is 25.6 Å². The molecule has 2 aromatic rings. The van der Waals surface area contributed by atoms with Crippen molar-refractivity contribution in [3.63, 3.8) is 0 Å². The predicted octanol–water partition coefficient (Wildman–Crippen LogP) is 2.95. The first kappa shape index (κ1) is 11.1. The Morgan fingerprint density at radius 1 is 1.37 bits per heavy atom. The monoisotopic (exact) mass is 255 g/mol. The number of furan rings is 1. The van der Waals surface area contributed by atoms with E-state index in [0.717, 1.165) is 43.1 Å². The molecule has 0 saturated carbocycles. The second-order valence-corrected chi connectivity index (χ2v) is 5.35. The summed E-state index contributed by atoms with van der Waals surface area (Å²) in [5, 5.41) is 1.22. The van der Waals surface area contributed by atoms with E-state index in [1.54, 1.807) is 7.11 Å². The highest BCUT2D eigenvalue weighted by atomic mass is 16.5. The van der Waals surface area contributed by atoms with Crippen molar-refractivity contribution < 1.29 is 9.15 Å². The molecule has 2 unspecified atom stereocenters. The largest absolute Gasteiger partial charge is 0.497 e. The van der Waals surface area contributed by atoms with E-state index < -0.39 is 0 Å². The van der Waals surface area contributed by atoms with Crippen molar-refractivity contribution in [2.45, 2.75) is 12.3 Å². The van der Waals surface area contributed by atoms with Gasteiger partial charge in [0.05, 0.1) is 7.11 Å². The first-order valence-electron chi connectivity index (χ1n) is 6.83. The maximum atomic E-state index is 6.12. The van der Waals surface area contributed by atoms with E-state index in [1.165, 1.54) is 10.9 Å². The van der Waals surface area contributed by atoms with Crippen molar-refractivity contribution in [1.82, 2.24) is 4.90 Å². The Morgan fingerprint density at radius 2 is 2.32 bits per heavy atom. The second-order valence-electron chi connectivity index (χ2n) is 5.35. The highest BCUT2D eigenvalue weighted by Gasteiger charge is 2.28. The summed E-state index contributed by atoms with van der Waals surface area (Å²) in [6, 6.07) is 6.09. The zero-order valence-electron chi connectivity index (χ0n) is 11.1. The molecule has 0 N–H and O–H groups in total. The van der Waals surface area contributed by atoms with E-state index in [4.69, 9.17) is 9.15 Å². The Hall–Kier alpha value is -1.74. The number of nitrogens with zero attached hydrogens (tertiary/aromatic N) is 1. The molecule has 4 rings (SSSR count). The van der Waals surface area contributed by atoms with Crippen LogP contribution in [-0.4, -0.2) is 31.6 Å². The first-order chi connectivity index (χ1) is 9.35. The maximum absolute atomic E-state index is 6.12. The molecule has 98 valence electrons. The molecule has 3 heteroatoms. The molecule has 2 aliphatic rings. The summed E-state index contributed by atoms with van der Waals surface area (Å²) in [6.45, 7) is 3.27. The van der Waals surface area contributed by atoms with Gasteiger partial charge in [-0.15, -0.1) is 0 Å². The van der Waals surface area contributed by atoms with E-state index in [-0.39, 0.29) is 0 Å². The van der Waals surface area contributed by atoms with Crippen molar-refractivity contribution in [1.29, 1.82) is 0 Å². The Kier molecular flexibility index (Phi) is 2.42. The van der Waals surface area contributed by atoms with Crippen LogP contribution in [0, 0.1) is 0 Å².